The Labute approximate surface area is 206 Å². The molecule has 0 saturated carbocycles. The zero-order valence-electron chi connectivity index (χ0n) is 19.8. The van der Waals surface area contributed by atoms with Gasteiger partial charge >= 0.3 is 5.97 Å². The van der Waals surface area contributed by atoms with Gasteiger partial charge in [-0.05, 0) is 24.1 Å². The van der Waals surface area contributed by atoms with E-state index in [-0.39, 0.29) is 5.56 Å². The van der Waals surface area contributed by atoms with Gasteiger partial charge in [0.05, 0.1) is 36.1 Å². The molecule has 1 aliphatic heterocycles. The maximum atomic E-state index is 13.8. The molecule has 0 spiro atoms. The summed E-state index contributed by atoms with van der Waals surface area (Å²) in [5, 5.41) is 0. The second kappa shape index (κ2) is 10.6. The molecule has 0 fully saturated rings. The molecular formula is C27H26N2O5S. The van der Waals surface area contributed by atoms with Gasteiger partial charge in [0.2, 0.25) is 0 Å². The first-order valence-electron chi connectivity index (χ1n) is 11.1. The summed E-state index contributed by atoms with van der Waals surface area (Å²) in [4.78, 5) is 31.8. The number of nitrogens with zero attached hydrogens (tertiary/aromatic N) is 2. The summed E-state index contributed by atoms with van der Waals surface area (Å²) in [6, 6.07) is 14.3. The monoisotopic (exact) mass is 490 g/mol. The minimum Gasteiger partial charge on any atom is -0.493 e. The molecule has 1 aliphatic rings. The van der Waals surface area contributed by atoms with Crippen molar-refractivity contribution >= 4 is 23.4 Å². The van der Waals surface area contributed by atoms with E-state index in [4.69, 9.17) is 14.2 Å². The quantitative estimate of drug-likeness (QED) is 0.357. The average molecular weight is 491 g/mol. The summed E-state index contributed by atoms with van der Waals surface area (Å²) in [5.74, 6) is 0.572. The maximum absolute atomic E-state index is 13.8. The van der Waals surface area contributed by atoms with Crippen molar-refractivity contribution in [1.29, 1.82) is 0 Å². The van der Waals surface area contributed by atoms with Gasteiger partial charge in [-0.25, -0.2) is 9.79 Å². The van der Waals surface area contributed by atoms with Crippen molar-refractivity contribution in [1.82, 2.24) is 4.57 Å². The highest BCUT2D eigenvalue weighted by Crippen LogP contribution is 2.33. The highest BCUT2D eigenvalue weighted by molar-refractivity contribution is 7.07. The standard InChI is InChI=1S/C27H26N2O5S/c1-5-15-34-24-18(13-10-14-20(24)32-3)16-21-25(30)29-23(17-11-8-7-9-12-17)22(26(31)33-4)19(6-2)28-27(29)35-21/h5,7-14,16,23H,1,6,15H2,2-4H3/b21-16+/t23-/m1/s1. The van der Waals surface area contributed by atoms with Crippen molar-refractivity contribution in [2.45, 2.75) is 19.4 Å². The van der Waals surface area contributed by atoms with Crippen molar-refractivity contribution in [2.75, 3.05) is 20.8 Å². The number of methoxy groups -OCH3 is 2. The molecule has 0 amide bonds. The third-order valence-corrected chi connectivity index (χ3v) is 6.61. The summed E-state index contributed by atoms with van der Waals surface area (Å²) in [6.07, 6.45) is 3.93. The summed E-state index contributed by atoms with van der Waals surface area (Å²) in [7, 11) is 2.90. The van der Waals surface area contributed by atoms with Crippen LogP contribution < -0.4 is 24.4 Å². The second-order valence-corrected chi connectivity index (χ2v) is 8.69. The normalized spacial score (nSPS) is 15.3. The van der Waals surface area contributed by atoms with Gasteiger partial charge < -0.3 is 14.2 Å². The lowest BCUT2D eigenvalue weighted by molar-refractivity contribution is -0.136. The van der Waals surface area contributed by atoms with E-state index in [1.807, 2.05) is 49.4 Å². The lowest BCUT2D eigenvalue weighted by atomic mass is 9.95. The molecule has 1 atom stereocenters. The fourth-order valence-electron chi connectivity index (χ4n) is 4.06. The molecule has 1 aromatic heterocycles. The van der Waals surface area contributed by atoms with Gasteiger partial charge in [0, 0.05) is 5.56 Å². The van der Waals surface area contributed by atoms with Gasteiger partial charge in [0.15, 0.2) is 16.3 Å². The number of allylic oxidation sites excluding steroid dienone is 1. The van der Waals surface area contributed by atoms with Crippen LogP contribution in [0.1, 0.15) is 30.5 Å². The Balaban J connectivity index is 1.98. The number of esters is 1. The Morgan fingerprint density at radius 2 is 1.94 bits per heavy atom. The molecular weight excluding hydrogens is 464 g/mol. The van der Waals surface area contributed by atoms with Crippen molar-refractivity contribution in [3.05, 3.63) is 103 Å². The summed E-state index contributed by atoms with van der Waals surface area (Å²) < 4.78 is 18.4. The van der Waals surface area contributed by atoms with E-state index in [1.54, 1.807) is 29.9 Å². The third-order valence-electron chi connectivity index (χ3n) is 5.63. The molecule has 0 radical (unpaired) electrons. The predicted molar refractivity (Wildman–Crippen MR) is 136 cm³/mol. The van der Waals surface area contributed by atoms with Gasteiger partial charge in [-0.3, -0.25) is 9.36 Å². The average Bonchev–Trinajstić information content (AvgIpc) is 3.20. The van der Waals surface area contributed by atoms with Crippen LogP contribution in [-0.4, -0.2) is 31.4 Å². The highest BCUT2D eigenvalue weighted by Gasteiger charge is 2.33. The number of aromatic nitrogens is 1. The number of carbonyl (C=O) groups is 1. The maximum Gasteiger partial charge on any atom is 0.338 e. The van der Waals surface area contributed by atoms with E-state index >= 15 is 0 Å². The molecule has 4 rings (SSSR count). The molecule has 180 valence electrons. The van der Waals surface area contributed by atoms with Crippen LogP contribution in [0.4, 0.5) is 0 Å². The minimum absolute atomic E-state index is 0.253. The van der Waals surface area contributed by atoms with Crippen LogP contribution in [0.3, 0.4) is 0 Å². The molecule has 35 heavy (non-hydrogen) atoms. The van der Waals surface area contributed by atoms with E-state index in [0.29, 0.717) is 50.7 Å². The first kappa shape index (κ1) is 24.2. The number of rotatable bonds is 8. The Kier molecular flexibility index (Phi) is 7.31. The number of thiazole rings is 1. The number of benzene rings is 2. The number of ether oxygens (including phenoxy) is 3. The lowest BCUT2D eigenvalue weighted by Gasteiger charge is -2.25. The Bertz CT molecular complexity index is 1470. The summed E-state index contributed by atoms with van der Waals surface area (Å²) in [6.45, 7) is 5.92. The number of para-hydroxylation sites is 1. The fourth-order valence-corrected chi connectivity index (χ4v) is 5.07. The first-order valence-corrected chi connectivity index (χ1v) is 11.9. The van der Waals surface area contributed by atoms with E-state index in [2.05, 4.69) is 11.6 Å². The molecule has 2 heterocycles. The minimum atomic E-state index is -0.640. The molecule has 0 bridgehead atoms. The molecule has 0 aliphatic carbocycles. The van der Waals surface area contributed by atoms with Gasteiger partial charge in [0.25, 0.3) is 5.56 Å². The molecule has 7 nitrogen and oxygen atoms in total. The topological polar surface area (TPSA) is 79.1 Å². The van der Waals surface area contributed by atoms with Crippen LogP contribution in [0.2, 0.25) is 0 Å². The van der Waals surface area contributed by atoms with Crippen LogP contribution >= 0.6 is 11.3 Å². The molecule has 2 aromatic carbocycles. The molecule has 0 unspecified atom stereocenters. The third kappa shape index (κ3) is 4.57. The highest BCUT2D eigenvalue weighted by atomic mass is 32.1. The van der Waals surface area contributed by atoms with Crippen molar-refractivity contribution in [3.8, 4) is 11.5 Å². The SMILES string of the molecule is C=CCOc1c(/C=c2/sc3n(c2=O)[C@H](c2ccccc2)C(C(=O)OC)=C(CC)N=3)cccc1OC. The zero-order valence-corrected chi connectivity index (χ0v) is 20.6. The molecule has 3 aromatic rings. The van der Waals surface area contributed by atoms with Crippen LogP contribution in [0, 0.1) is 0 Å². The molecule has 0 saturated heterocycles. The van der Waals surface area contributed by atoms with Crippen LogP contribution in [0.5, 0.6) is 11.5 Å². The van der Waals surface area contributed by atoms with Crippen molar-refractivity contribution in [2.24, 2.45) is 4.99 Å². The lowest BCUT2D eigenvalue weighted by Crippen LogP contribution is -2.40. The van der Waals surface area contributed by atoms with E-state index in [0.717, 1.165) is 5.56 Å². The smallest absolute Gasteiger partial charge is 0.338 e. The molecule has 8 heteroatoms. The van der Waals surface area contributed by atoms with E-state index < -0.39 is 12.0 Å². The van der Waals surface area contributed by atoms with Gasteiger partial charge in [-0.2, -0.15) is 0 Å². The predicted octanol–water partition coefficient (Wildman–Crippen LogP) is 3.37. The Morgan fingerprint density at radius 1 is 1.17 bits per heavy atom. The largest absolute Gasteiger partial charge is 0.493 e. The summed E-state index contributed by atoms with van der Waals surface area (Å²) in [5.41, 5.74) is 2.22. The van der Waals surface area contributed by atoms with Crippen LogP contribution in [0.25, 0.3) is 6.08 Å². The number of hydrogen-bond acceptors (Lipinski definition) is 7. The van der Waals surface area contributed by atoms with E-state index in [9.17, 15) is 9.59 Å². The summed E-state index contributed by atoms with van der Waals surface area (Å²) >= 11 is 1.27. The molecule has 0 N–H and O–H groups in total. The Hall–Kier alpha value is -3.91. The number of fused-ring (bicyclic) bond motifs is 1. The van der Waals surface area contributed by atoms with Crippen molar-refractivity contribution < 1.29 is 19.0 Å². The van der Waals surface area contributed by atoms with E-state index in [1.165, 1.54) is 18.4 Å². The first-order chi connectivity index (χ1) is 17.0. The number of hydrogen-bond donors (Lipinski definition) is 0. The van der Waals surface area contributed by atoms with Crippen LogP contribution in [0.15, 0.2) is 82.2 Å². The van der Waals surface area contributed by atoms with Gasteiger partial charge in [-0.15, -0.1) is 0 Å². The number of carbonyl (C=O) groups excluding carboxylic acids is 1. The van der Waals surface area contributed by atoms with Gasteiger partial charge in [-0.1, -0.05) is 73.4 Å². The fraction of sp³-hybridized carbons (Fsp3) is 0.222. The second-order valence-electron chi connectivity index (χ2n) is 7.68. The zero-order chi connectivity index (χ0) is 24.9. The van der Waals surface area contributed by atoms with Crippen molar-refractivity contribution in [3.63, 3.8) is 0 Å². The Morgan fingerprint density at radius 3 is 2.60 bits per heavy atom. The van der Waals surface area contributed by atoms with Crippen LogP contribution in [-0.2, 0) is 9.53 Å². The van der Waals surface area contributed by atoms with Gasteiger partial charge in [0.1, 0.15) is 6.61 Å².